The van der Waals surface area contributed by atoms with Crippen molar-refractivity contribution in [3.8, 4) is 0 Å². The highest BCUT2D eigenvalue weighted by molar-refractivity contribution is 6.02. The fourth-order valence-electron chi connectivity index (χ4n) is 2.92. The van der Waals surface area contributed by atoms with Gasteiger partial charge in [-0.05, 0) is 45.0 Å². The van der Waals surface area contributed by atoms with Gasteiger partial charge in [0, 0.05) is 24.3 Å². The van der Waals surface area contributed by atoms with Crippen molar-refractivity contribution in [3.63, 3.8) is 0 Å². The lowest BCUT2D eigenvalue weighted by Gasteiger charge is -2.19. The molecule has 0 bridgehead atoms. The van der Waals surface area contributed by atoms with Crippen LogP contribution in [0, 0.1) is 0 Å². The molecule has 0 saturated heterocycles. The van der Waals surface area contributed by atoms with Crippen LogP contribution in [0.5, 0.6) is 0 Å². The second-order valence-corrected chi connectivity index (χ2v) is 8.00. The van der Waals surface area contributed by atoms with Gasteiger partial charge in [-0.15, -0.1) is 0 Å². The molecule has 0 spiro atoms. The van der Waals surface area contributed by atoms with Gasteiger partial charge in [0.25, 0.3) is 5.91 Å². The number of ether oxygens (including phenoxy) is 2. The molecule has 10 nitrogen and oxygen atoms in total. The first-order valence-corrected chi connectivity index (χ1v) is 9.81. The van der Waals surface area contributed by atoms with Crippen LogP contribution in [-0.4, -0.2) is 44.6 Å². The van der Waals surface area contributed by atoms with E-state index < -0.39 is 23.7 Å². The van der Waals surface area contributed by atoms with Gasteiger partial charge < -0.3 is 14.0 Å². The monoisotopic (exact) mass is 439 g/mol. The molecule has 1 aromatic carbocycles. The van der Waals surface area contributed by atoms with Crippen molar-refractivity contribution in [1.82, 2.24) is 14.3 Å². The zero-order valence-electron chi connectivity index (χ0n) is 18.3. The number of fused-ring (bicyclic) bond motifs is 1. The number of rotatable bonds is 5. The van der Waals surface area contributed by atoms with Crippen molar-refractivity contribution >= 4 is 40.4 Å². The molecule has 3 rings (SSSR count). The molecule has 0 saturated carbocycles. The number of anilines is 2. The summed E-state index contributed by atoms with van der Waals surface area (Å²) >= 11 is 0. The molecule has 2 heterocycles. The van der Waals surface area contributed by atoms with E-state index in [-0.39, 0.29) is 6.61 Å². The van der Waals surface area contributed by atoms with E-state index in [1.165, 1.54) is 16.8 Å². The highest BCUT2D eigenvalue weighted by atomic mass is 16.6. The standard InChI is InChI=1S/C22H25N5O5/c1-6-9-31-20(29)24-15-8-7-14-12-23-27(17(14)10-15)19(28)18-11-16(13-26(18)5)25-21(30)32-22(2,3)4/h6-8,10-13H,1,9H2,2-5H3,(H,24,29)(H,25,30). The lowest BCUT2D eigenvalue weighted by atomic mass is 10.2. The van der Waals surface area contributed by atoms with E-state index in [9.17, 15) is 14.4 Å². The largest absolute Gasteiger partial charge is 0.445 e. The first-order valence-electron chi connectivity index (χ1n) is 9.81. The third kappa shape index (κ3) is 5.34. The molecule has 32 heavy (non-hydrogen) atoms. The van der Waals surface area contributed by atoms with Crippen LogP contribution in [0.3, 0.4) is 0 Å². The van der Waals surface area contributed by atoms with Gasteiger partial charge in [0.2, 0.25) is 0 Å². The lowest BCUT2D eigenvalue weighted by molar-refractivity contribution is 0.0635. The first kappa shape index (κ1) is 22.6. The van der Waals surface area contributed by atoms with Crippen molar-refractivity contribution < 1.29 is 23.9 Å². The zero-order valence-corrected chi connectivity index (χ0v) is 18.3. The average molecular weight is 439 g/mol. The molecule has 2 amide bonds. The topological polar surface area (TPSA) is 116 Å². The van der Waals surface area contributed by atoms with Crippen LogP contribution in [0.15, 0.2) is 49.3 Å². The minimum absolute atomic E-state index is 0.0810. The van der Waals surface area contributed by atoms with Crippen LogP contribution >= 0.6 is 0 Å². The van der Waals surface area contributed by atoms with E-state index >= 15 is 0 Å². The van der Waals surface area contributed by atoms with Crippen LogP contribution in [-0.2, 0) is 16.5 Å². The number of carbonyl (C=O) groups is 3. The first-order chi connectivity index (χ1) is 15.1. The molecule has 0 aliphatic carbocycles. The average Bonchev–Trinajstić information content (AvgIpc) is 3.27. The van der Waals surface area contributed by atoms with Gasteiger partial charge in [0.15, 0.2) is 0 Å². The molecule has 2 N–H and O–H groups in total. The molecule has 0 fully saturated rings. The summed E-state index contributed by atoms with van der Waals surface area (Å²) in [6, 6.07) is 6.57. The van der Waals surface area contributed by atoms with E-state index in [1.807, 2.05) is 0 Å². The summed E-state index contributed by atoms with van der Waals surface area (Å²) in [6.07, 6.45) is 3.36. The predicted octanol–water partition coefficient (Wildman–Crippen LogP) is 4.14. The van der Waals surface area contributed by atoms with Gasteiger partial charge in [0.1, 0.15) is 17.9 Å². The number of aromatic nitrogens is 3. The van der Waals surface area contributed by atoms with Gasteiger partial charge in [-0.2, -0.15) is 9.78 Å². The summed E-state index contributed by atoms with van der Waals surface area (Å²) in [5.74, 6) is -0.411. The quantitative estimate of drug-likeness (QED) is 0.577. The van der Waals surface area contributed by atoms with E-state index in [0.717, 1.165) is 0 Å². The molecular weight excluding hydrogens is 414 g/mol. The summed E-state index contributed by atoms with van der Waals surface area (Å²) in [4.78, 5) is 37.0. The Kier molecular flexibility index (Phi) is 6.33. The second kappa shape index (κ2) is 8.96. The Morgan fingerprint density at radius 1 is 1.12 bits per heavy atom. The Labute approximate surface area is 184 Å². The molecule has 0 aliphatic rings. The molecule has 2 aromatic heterocycles. The minimum Gasteiger partial charge on any atom is -0.445 e. The maximum Gasteiger partial charge on any atom is 0.412 e. The Balaban J connectivity index is 1.83. The maximum absolute atomic E-state index is 13.2. The highest BCUT2D eigenvalue weighted by Crippen LogP contribution is 2.22. The third-order valence-corrected chi connectivity index (χ3v) is 4.21. The second-order valence-electron chi connectivity index (χ2n) is 8.00. The SMILES string of the molecule is C=CCOC(=O)Nc1ccc2cnn(C(=O)c3cc(NC(=O)OC(C)(C)C)cn3C)c2c1. The zero-order chi connectivity index (χ0) is 23.5. The van der Waals surface area contributed by atoms with E-state index in [2.05, 4.69) is 22.3 Å². The number of carbonyl (C=O) groups excluding carboxylic acids is 3. The molecular formula is C22H25N5O5. The maximum atomic E-state index is 13.2. The van der Waals surface area contributed by atoms with E-state index in [0.29, 0.717) is 28.0 Å². The molecule has 0 unspecified atom stereocenters. The summed E-state index contributed by atoms with van der Waals surface area (Å²) in [5, 5.41) is 10.1. The Hall–Kier alpha value is -4.08. The normalized spacial score (nSPS) is 11.1. The van der Waals surface area contributed by atoms with Gasteiger partial charge >= 0.3 is 12.2 Å². The van der Waals surface area contributed by atoms with Gasteiger partial charge in [0.05, 0.1) is 17.4 Å². The number of aryl methyl sites for hydroxylation is 1. The van der Waals surface area contributed by atoms with Crippen LogP contribution in [0.4, 0.5) is 21.0 Å². The van der Waals surface area contributed by atoms with Gasteiger partial charge in [-0.3, -0.25) is 15.4 Å². The number of nitrogens with zero attached hydrogens (tertiary/aromatic N) is 3. The Bertz CT molecular complexity index is 1190. The number of hydrogen-bond acceptors (Lipinski definition) is 6. The molecule has 168 valence electrons. The predicted molar refractivity (Wildman–Crippen MR) is 120 cm³/mol. The van der Waals surface area contributed by atoms with E-state index in [1.54, 1.807) is 63.0 Å². The van der Waals surface area contributed by atoms with E-state index in [4.69, 9.17) is 9.47 Å². The highest BCUT2D eigenvalue weighted by Gasteiger charge is 2.20. The summed E-state index contributed by atoms with van der Waals surface area (Å²) in [6.45, 7) is 8.85. The number of benzene rings is 1. The van der Waals surface area contributed by atoms with Crippen LogP contribution < -0.4 is 10.6 Å². The summed E-state index contributed by atoms with van der Waals surface area (Å²) < 4.78 is 13.0. The van der Waals surface area contributed by atoms with Crippen molar-refractivity contribution in [2.24, 2.45) is 7.05 Å². The van der Waals surface area contributed by atoms with Crippen molar-refractivity contribution in [1.29, 1.82) is 0 Å². The fraction of sp³-hybridized carbons (Fsp3) is 0.273. The van der Waals surface area contributed by atoms with Crippen LogP contribution in [0.2, 0.25) is 0 Å². The van der Waals surface area contributed by atoms with Crippen LogP contribution in [0.1, 0.15) is 31.3 Å². The molecule has 0 atom stereocenters. The number of amides is 2. The lowest BCUT2D eigenvalue weighted by Crippen LogP contribution is -2.27. The summed E-state index contributed by atoms with van der Waals surface area (Å²) in [7, 11) is 1.68. The summed E-state index contributed by atoms with van der Waals surface area (Å²) in [5.41, 5.74) is 1.01. The smallest absolute Gasteiger partial charge is 0.412 e. The molecule has 3 aromatic rings. The van der Waals surface area contributed by atoms with Crippen molar-refractivity contribution in [2.75, 3.05) is 17.2 Å². The number of nitrogens with one attached hydrogen (secondary N) is 2. The van der Waals surface area contributed by atoms with Crippen LogP contribution in [0.25, 0.3) is 10.9 Å². The van der Waals surface area contributed by atoms with Gasteiger partial charge in [-0.1, -0.05) is 12.7 Å². The third-order valence-electron chi connectivity index (χ3n) is 4.21. The van der Waals surface area contributed by atoms with Crippen molar-refractivity contribution in [3.05, 3.63) is 55.0 Å². The van der Waals surface area contributed by atoms with Gasteiger partial charge in [-0.25, -0.2) is 9.59 Å². The molecule has 0 aliphatic heterocycles. The minimum atomic E-state index is -0.644. The number of hydrogen-bond donors (Lipinski definition) is 2. The molecule has 0 radical (unpaired) electrons. The molecule has 10 heteroatoms. The van der Waals surface area contributed by atoms with Crippen molar-refractivity contribution in [2.45, 2.75) is 26.4 Å². The Morgan fingerprint density at radius 2 is 1.84 bits per heavy atom. The Morgan fingerprint density at radius 3 is 2.53 bits per heavy atom. The fourth-order valence-corrected chi connectivity index (χ4v) is 2.92.